The second kappa shape index (κ2) is 7.54. The van der Waals surface area contributed by atoms with Crippen LogP contribution in [0.1, 0.15) is 23.6 Å². The fourth-order valence-corrected chi connectivity index (χ4v) is 2.19. The van der Waals surface area contributed by atoms with Gasteiger partial charge in [-0.25, -0.2) is 4.79 Å². The van der Waals surface area contributed by atoms with Crippen LogP contribution < -0.4 is 10.1 Å². The molecular formula is C17H22N2O3. The van der Waals surface area contributed by atoms with Gasteiger partial charge in [-0.15, -0.1) is 0 Å². The Morgan fingerprint density at radius 1 is 1.32 bits per heavy atom. The van der Waals surface area contributed by atoms with E-state index in [1.807, 2.05) is 38.1 Å². The number of urea groups is 1. The minimum Gasteiger partial charge on any atom is -0.496 e. The van der Waals surface area contributed by atoms with E-state index in [9.17, 15) is 4.79 Å². The summed E-state index contributed by atoms with van der Waals surface area (Å²) in [7, 11) is 1.65. The second-order valence-corrected chi connectivity index (χ2v) is 5.11. The Morgan fingerprint density at radius 3 is 2.77 bits per heavy atom. The molecule has 0 unspecified atom stereocenters. The molecule has 1 aromatic carbocycles. The van der Waals surface area contributed by atoms with E-state index >= 15 is 0 Å². The van der Waals surface area contributed by atoms with Gasteiger partial charge in [0.2, 0.25) is 0 Å². The molecule has 118 valence electrons. The number of nitrogens with zero attached hydrogens (tertiary/aromatic N) is 1. The molecular weight excluding hydrogens is 280 g/mol. The van der Waals surface area contributed by atoms with E-state index in [2.05, 4.69) is 5.32 Å². The van der Waals surface area contributed by atoms with Gasteiger partial charge in [0, 0.05) is 18.7 Å². The SMILES string of the molecule is CCN(Cc1ccoc1)C(=O)NCc1ccc(C)c(OC)c1. The van der Waals surface area contributed by atoms with Crippen molar-refractivity contribution in [1.29, 1.82) is 0 Å². The highest BCUT2D eigenvalue weighted by Gasteiger charge is 2.12. The maximum absolute atomic E-state index is 12.2. The van der Waals surface area contributed by atoms with Crippen molar-refractivity contribution < 1.29 is 13.9 Å². The molecule has 5 nitrogen and oxygen atoms in total. The lowest BCUT2D eigenvalue weighted by Gasteiger charge is -2.20. The van der Waals surface area contributed by atoms with Crippen LogP contribution in [0.3, 0.4) is 0 Å². The summed E-state index contributed by atoms with van der Waals surface area (Å²) in [5.74, 6) is 0.831. The number of carbonyl (C=O) groups is 1. The topological polar surface area (TPSA) is 54.7 Å². The molecule has 0 atom stereocenters. The lowest BCUT2D eigenvalue weighted by Crippen LogP contribution is -2.38. The van der Waals surface area contributed by atoms with E-state index in [4.69, 9.17) is 9.15 Å². The molecule has 0 saturated carbocycles. The molecule has 1 N–H and O–H groups in total. The van der Waals surface area contributed by atoms with E-state index in [1.165, 1.54) is 0 Å². The zero-order chi connectivity index (χ0) is 15.9. The quantitative estimate of drug-likeness (QED) is 0.890. The van der Waals surface area contributed by atoms with Gasteiger partial charge in [-0.05, 0) is 37.1 Å². The van der Waals surface area contributed by atoms with E-state index in [0.717, 1.165) is 22.4 Å². The number of furan rings is 1. The summed E-state index contributed by atoms with van der Waals surface area (Å²) in [6.45, 7) is 5.58. The van der Waals surface area contributed by atoms with Gasteiger partial charge in [-0.1, -0.05) is 12.1 Å². The Labute approximate surface area is 130 Å². The molecule has 0 bridgehead atoms. The average Bonchev–Trinajstić information content (AvgIpc) is 3.04. The van der Waals surface area contributed by atoms with Crippen molar-refractivity contribution in [3.63, 3.8) is 0 Å². The molecule has 2 amide bonds. The fraction of sp³-hybridized carbons (Fsp3) is 0.353. The van der Waals surface area contributed by atoms with Crippen molar-refractivity contribution in [3.05, 3.63) is 53.5 Å². The number of amides is 2. The van der Waals surface area contributed by atoms with Crippen LogP contribution in [-0.4, -0.2) is 24.6 Å². The highest BCUT2D eigenvalue weighted by Crippen LogP contribution is 2.18. The largest absolute Gasteiger partial charge is 0.496 e. The number of hydrogen-bond donors (Lipinski definition) is 1. The van der Waals surface area contributed by atoms with Gasteiger partial charge in [0.1, 0.15) is 5.75 Å². The first-order valence-corrected chi connectivity index (χ1v) is 7.31. The summed E-state index contributed by atoms with van der Waals surface area (Å²) < 4.78 is 10.3. The molecule has 0 fully saturated rings. The number of rotatable bonds is 6. The van der Waals surface area contributed by atoms with Crippen molar-refractivity contribution in [2.75, 3.05) is 13.7 Å². The number of carbonyl (C=O) groups excluding carboxylic acids is 1. The predicted molar refractivity (Wildman–Crippen MR) is 84.8 cm³/mol. The summed E-state index contributed by atoms with van der Waals surface area (Å²) in [5, 5.41) is 2.93. The van der Waals surface area contributed by atoms with E-state index in [-0.39, 0.29) is 6.03 Å². The molecule has 0 spiro atoms. The first kappa shape index (κ1) is 15.9. The predicted octanol–water partition coefficient (Wildman–Crippen LogP) is 3.33. The molecule has 0 aliphatic carbocycles. The van der Waals surface area contributed by atoms with Crippen molar-refractivity contribution >= 4 is 6.03 Å². The number of hydrogen-bond acceptors (Lipinski definition) is 3. The molecule has 0 saturated heterocycles. The lowest BCUT2D eigenvalue weighted by atomic mass is 10.1. The monoisotopic (exact) mass is 302 g/mol. The van der Waals surface area contributed by atoms with Crippen LogP contribution in [0.2, 0.25) is 0 Å². The third-order valence-electron chi connectivity index (χ3n) is 3.54. The van der Waals surface area contributed by atoms with Crippen LogP contribution in [0.15, 0.2) is 41.2 Å². The van der Waals surface area contributed by atoms with Gasteiger partial charge < -0.3 is 19.4 Å². The molecule has 2 aromatic rings. The van der Waals surface area contributed by atoms with Gasteiger partial charge in [0.15, 0.2) is 0 Å². The smallest absolute Gasteiger partial charge is 0.317 e. The van der Waals surface area contributed by atoms with Gasteiger partial charge in [0.05, 0.1) is 26.2 Å². The molecule has 5 heteroatoms. The van der Waals surface area contributed by atoms with E-state index in [1.54, 1.807) is 24.5 Å². The van der Waals surface area contributed by atoms with Crippen molar-refractivity contribution in [1.82, 2.24) is 10.2 Å². The lowest BCUT2D eigenvalue weighted by molar-refractivity contribution is 0.197. The van der Waals surface area contributed by atoms with Crippen LogP contribution in [0, 0.1) is 6.92 Å². The minimum absolute atomic E-state index is 0.0942. The Hall–Kier alpha value is -2.43. The first-order valence-electron chi connectivity index (χ1n) is 7.31. The highest BCUT2D eigenvalue weighted by molar-refractivity contribution is 5.74. The molecule has 1 aromatic heterocycles. The zero-order valence-electron chi connectivity index (χ0n) is 13.3. The summed E-state index contributed by atoms with van der Waals surface area (Å²) in [4.78, 5) is 14.0. The van der Waals surface area contributed by atoms with Crippen LogP contribution in [0.4, 0.5) is 4.79 Å². The van der Waals surface area contributed by atoms with E-state index < -0.39 is 0 Å². The molecule has 22 heavy (non-hydrogen) atoms. The van der Waals surface area contributed by atoms with Crippen LogP contribution in [0.25, 0.3) is 0 Å². The normalized spacial score (nSPS) is 10.3. The molecule has 0 aliphatic rings. The standard InChI is InChI=1S/C17H22N2O3/c1-4-19(11-15-7-8-22-12-15)17(20)18-10-14-6-5-13(2)16(9-14)21-3/h5-9,12H,4,10-11H2,1-3H3,(H,18,20). The molecule has 0 aliphatic heterocycles. The number of aryl methyl sites for hydroxylation is 1. The Kier molecular flexibility index (Phi) is 5.47. The summed E-state index contributed by atoms with van der Waals surface area (Å²) in [5.41, 5.74) is 3.07. The third kappa shape index (κ3) is 4.04. The van der Waals surface area contributed by atoms with Crippen molar-refractivity contribution in [2.24, 2.45) is 0 Å². The average molecular weight is 302 g/mol. The van der Waals surface area contributed by atoms with Crippen LogP contribution in [-0.2, 0) is 13.1 Å². The molecule has 0 radical (unpaired) electrons. The summed E-state index contributed by atoms with van der Waals surface area (Å²) in [6.07, 6.45) is 3.26. The Morgan fingerprint density at radius 2 is 2.14 bits per heavy atom. The van der Waals surface area contributed by atoms with Gasteiger partial charge >= 0.3 is 6.03 Å². The fourth-order valence-electron chi connectivity index (χ4n) is 2.19. The summed E-state index contributed by atoms with van der Waals surface area (Å²) >= 11 is 0. The number of benzene rings is 1. The first-order chi connectivity index (χ1) is 10.6. The number of nitrogens with one attached hydrogen (secondary N) is 1. The zero-order valence-corrected chi connectivity index (χ0v) is 13.3. The second-order valence-electron chi connectivity index (χ2n) is 5.11. The van der Waals surface area contributed by atoms with Crippen molar-refractivity contribution in [3.8, 4) is 5.75 Å². The van der Waals surface area contributed by atoms with Crippen LogP contribution >= 0.6 is 0 Å². The van der Waals surface area contributed by atoms with E-state index in [0.29, 0.717) is 19.6 Å². The summed E-state index contributed by atoms with van der Waals surface area (Å²) in [6, 6.07) is 7.69. The maximum Gasteiger partial charge on any atom is 0.317 e. The maximum atomic E-state index is 12.2. The van der Waals surface area contributed by atoms with Gasteiger partial charge in [-0.3, -0.25) is 0 Å². The molecule has 1 heterocycles. The minimum atomic E-state index is -0.0942. The molecule has 2 rings (SSSR count). The third-order valence-corrected chi connectivity index (χ3v) is 3.54. The number of ether oxygens (including phenoxy) is 1. The highest BCUT2D eigenvalue weighted by atomic mass is 16.5. The van der Waals surface area contributed by atoms with Crippen LogP contribution in [0.5, 0.6) is 5.75 Å². The Bertz CT molecular complexity index is 608. The number of methoxy groups -OCH3 is 1. The Balaban J connectivity index is 1.93. The van der Waals surface area contributed by atoms with Gasteiger partial charge in [0.25, 0.3) is 0 Å². The van der Waals surface area contributed by atoms with Gasteiger partial charge in [-0.2, -0.15) is 0 Å². The van der Waals surface area contributed by atoms with Crippen molar-refractivity contribution in [2.45, 2.75) is 26.9 Å².